The third kappa shape index (κ3) is 4.30. The molecule has 0 aliphatic heterocycles. The van der Waals surface area contributed by atoms with Gasteiger partial charge in [0.15, 0.2) is 0 Å². The number of H-pyrrole nitrogens is 1. The summed E-state index contributed by atoms with van der Waals surface area (Å²) in [5.74, 6) is 0.127. The molecular weight excluding hydrogens is 443 g/mol. The molecule has 176 valence electrons. The van der Waals surface area contributed by atoms with Crippen LogP contribution in [0.15, 0.2) is 77.7 Å². The normalized spacial score (nSPS) is 11.2. The Morgan fingerprint density at radius 3 is 2.43 bits per heavy atom. The van der Waals surface area contributed by atoms with Gasteiger partial charge in [0, 0.05) is 17.5 Å². The highest BCUT2D eigenvalue weighted by Gasteiger charge is 2.17. The maximum absolute atomic E-state index is 14.6. The van der Waals surface area contributed by atoms with Crippen molar-refractivity contribution < 1.29 is 4.39 Å². The van der Waals surface area contributed by atoms with E-state index in [9.17, 15) is 9.18 Å². The monoisotopic (exact) mass is 468 g/mol. The minimum absolute atomic E-state index is 0.242. The quantitative estimate of drug-likeness (QED) is 0.367. The maximum Gasteiger partial charge on any atom is 0.333 e. The first-order valence-electron chi connectivity index (χ1n) is 11.6. The predicted molar refractivity (Wildman–Crippen MR) is 133 cm³/mol. The molecule has 5 aromatic rings. The summed E-state index contributed by atoms with van der Waals surface area (Å²) in [5, 5.41) is 14.4. The number of aryl methyl sites for hydroxylation is 2. The lowest BCUT2D eigenvalue weighted by molar-refractivity contribution is 0.611. The Morgan fingerprint density at radius 1 is 0.971 bits per heavy atom. The summed E-state index contributed by atoms with van der Waals surface area (Å²) in [6, 6.07) is 20.8. The van der Waals surface area contributed by atoms with E-state index >= 15 is 0 Å². The lowest BCUT2D eigenvalue weighted by atomic mass is 9.98. The lowest BCUT2D eigenvalue weighted by Crippen LogP contribution is -2.25. The average molecular weight is 469 g/mol. The molecule has 2 aromatic heterocycles. The number of hydrogen-bond donors (Lipinski definition) is 1. The minimum Gasteiger partial charge on any atom is -0.292 e. The number of aromatic amines is 1. The van der Waals surface area contributed by atoms with Gasteiger partial charge in [-0.15, -0.1) is 10.2 Å². The molecule has 0 aliphatic rings. The van der Waals surface area contributed by atoms with E-state index < -0.39 is 5.82 Å². The van der Waals surface area contributed by atoms with Crippen molar-refractivity contribution in [2.24, 2.45) is 0 Å². The minimum atomic E-state index is -0.406. The molecule has 0 amide bonds. The van der Waals surface area contributed by atoms with Crippen molar-refractivity contribution in [2.45, 2.75) is 33.2 Å². The molecule has 0 fully saturated rings. The summed E-state index contributed by atoms with van der Waals surface area (Å²) < 4.78 is 17.8. The van der Waals surface area contributed by atoms with Crippen LogP contribution in [0, 0.1) is 12.7 Å². The Kier molecular flexibility index (Phi) is 6.10. The van der Waals surface area contributed by atoms with E-state index in [1.807, 2.05) is 61.5 Å². The second-order valence-corrected chi connectivity index (χ2v) is 8.49. The fourth-order valence-corrected chi connectivity index (χ4v) is 4.42. The zero-order valence-electron chi connectivity index (χ0n) is 19.6. The highest BCUT2D eigenvalue weighted by molar-refractivity contribution is 5.80. The second kappa shape index (κ2) is 9.50. The molecule has 0 unspecified atom stereocenters. The third-order valence-corrected chi connectivity index (χ3v) is 6.12. The standard InChI is InChI=1S/C27H25FN6O/c1-3-7-21-17-34(25-18(2)8-6-11-24(25)28)27(35)33(21)16-19-12-14-20(15-13-19)22-9-4-5-10-23(22)26-29-31-32-30-26/h4-6,8-15,17H,3,7,16H2,1-2H3,(H,29,30,31,32). The molecule has 0 saturated heterocycles. The number of nitrogens with one attached hydrogen (secondary N) is 1. The zero-order valence-corrected chi connectivity index (χ0v) is 19.6. The summed E-state index contributed by atoms with van der Waals surface area (Å²) in [5.41, 5.74) is 5.53. The molecule has 3 aromatic carbocycles. The Bertz CT molecular complexity index is 1500. The van der Waals surface area contributed by atoms with Crippen molar-refractivity contribution in [3.63, 3.8) is 0 Å². The molecule has 7 nitrogen and oxygen atoms in total. The molecule has 0 aliphatic carbocycles. The highest BCUT2D eigenvalue weighted by atomic mass is 19.1. The number of benzene rings is 3. The number of para-hydroxylation sites is 1. The first kappa shape index (κ1) is 22.5. The molecule has 35 heavy (non-hydrogen) atoms. The van der Waals surface area contributed by atoms with Gasteiger partial charge in [0.1, 0.15) is 5.82 Å². The summed E-state index contributed by atoms with van der Waals surface area (Å²) in [6.07, 6.45) is 3.38. The maximum atomic E-state index is 14.6. The molecule has 0 saturated carbocycles. The molecule has 0 radical (unpaired) electrons. The van der Waals surface area contributed by atoms with E-state index in [-0.39, 0.29) is 5.69 Å². The van der Waals surface area contributed by atoms with Crippen molar-refractivity contribution in [2.75, 3.05) is 0 Å². The van der Waals surface area contributed by atoms with Crippen LogP contribution in [0.4, 0.5) is 4.39 Å². The fraction of sp³-hybridized carbons (Fsp3) is 0.185. The van der Waals surface area contributed by atoms with Crippen LogP contribution in [-0.4, -0.2) is 29.8 Å². The number of halogens is 1. The first-order valence-corrected chi connectivity index (χ1v) is 11.6. The number of nitrogens with zero attached hydrogens (tertiary/aromatic N) is 5. The van der Waals surface area contributed by atoms with Crippen LogP contribution in [0.25, 0.3) is 28.2 Å². The Morgan fingerprint density at radius 2 is 1.74 bits per heavy atom. The van der Waals surface area contributed by atoms with Gasteiger partial charge in [-0.3, -0.25) is 9.13 Å². The van der Waals surface area contributed by atoms with Crippen LogP contribution in [0.2, 0.25) is 0 Å². The summed E-state index contributed by atoms with van der Waals surface area (Å²) in [7, 11) is 0. The molecule has 8 heteroatoms. The molecule has 2 heterocycles. The van der Waals surface area contributed by atoms with Crippen LogP contribution in [0.3, 0.4) is 0 Å². The van der Waals surface area contributed by atoms with Crippen LogP contribution in [0.1, 0.15) is 30.2 Å². The lowest BCUT2D eigenvalue weighted by Gasteiger charge is -2.10. The van der Waals surface area contributed by atoms with Crippen molar-refractivity contribution in [3.8, 4) is 28.2 Å². The van der Waals surface area contributed by atoms with Gasteiger partial charge < -0.3 is 0 Å². The summed E-state index contributed by atoms with van der Waals surface area (Å²) in [4.78, 5) is 13.4. The van der Waals surface area contributed by atoms with Gasteiger partial charge in [0.05, 0.1) is 12.2 Å². The number of tetrazole rings is 1. The largest absolute Gasteiger partial charge is 0.333 e. The van der Waals surface area contributed by atoms with Gasteiger partial charge in [-0.1, -0.05) is 74.0 Å². The van der Waals surface area contributed by atoms with Gasteiger partial charge in [-0.25, -0.2) is 9.18 Å². The van der Waals surface area contributed by atoms with Gasteiger partial charge in [-0.2, -0.15) is 5.21 Å². The third-order valence-electron chi connectivity index (χ3n) is 6.12. The van der Waals surface area contributed by atoms with Gasteiger partial charge in [0.2, 0.25) is 5.82 Å². The van der Waals surface area contributed by atoms with E-state index in [2.05, 4.69) is 27.5 Å². The first-order chi connectivity index (χ1) is 17.1. The van der Waals surface area contributed by atoms with E-state index in [0.717, 1.165) is 46.4 Å². The summed E-state index contributed by atoms with van der Waals surface area (Å²) >= 11 is 0. The Balaban J connectivity index is 1.49. The second-order valence-electron chi connectivity index (χ2n) is 8.49. The molecule has 5 rings (SSSR count). The van der Waals surface area contributed by atoms with Gasteiger partial charge in [0.25, 0.3) is 0 Å². The number of aromatic nitrogens is 6. The van der Waals surface area contributed by atoms with E-state index in [1.54, 1.807) is 16.8 Å². The van der Waals surface area contributed by atoms with Crippen molar-refractivity contribution in [3.05, 3.63) is 106 Å². The van der Waals surface area contributed by atoms with E-state index in [1.165, 1.54) is 10.6 Å². The molecule has 1 N–H and O–H groups in total. The van der Waals surface area contributed by atoms with Gasteiger partial charge in [-0.05, 0) is 46.9 Å². The topological polar surface area (TPSA) is 81.4 Å². The summed E-state index contributed by atoms with van der Waals surface area (Å²) in [6.45, 7) is 4.28. The smallest absolute Gasteiger partial charge is 0.292 e. The molecule has 0 atom stereocenters. The van der Waals surface area contributed by atoms with Crippen LogP contribution < -0.4 is 5.69 Å². The average Bonchev–Trinajstić information content (AvgIpc) is 3.50. The Labute approximate surface area is 201 Å². The molecular formula is C27H25FN6O. The highest BCUT2D eigenvalue weighted by Crippen LogP contribution is 2.30. The molecule has 0 bridgehead atoms. The van der Waals surface area contributed by atoms with Crippen LogP contribution >= 0.6 is 0 Å². The Hall–Kier alpha value is -4.33. The van der Waals surface area contributed by atoms with Gasteiger partial charge >= 0.3 is 5.69 Å². The number of rotatable bonds is 7. The van der Waals surface area contributed by atoms with Crippen molar-refractivity contribution in [1.82, 2.24) is 29.8 Å². The predicted octanol–water partition coefficient (Wildman–Crippen LogP) is 4.93. The van der Waals surface area contributed by atoms with E-state index in [0.29, 0.717) is 18.1 Å². The van der Waals surface area contributed by atoms with E-state index in [4.69, 9.17) is 0 Å². The molecule has 0 spiro atoms. The number of hydrogen-bond acceptors (Lipinski definition) is 4. The van der Waals surface area contributed by atoms with Crippen LogP contribution in [0.5, 0.6) is 0 Å². The zero-order chi connectivity index (χ0) is 24.4. The number of imidazole rings is 1. The fourth-order valence-electron chi connectivity index (χ4n) is 4.42. The van der Waals surface area contributed by atoms with Crippen LogP contribution in [-0.2, 0) is 13.0 Å². The van der Waals surface area contributed by atoms with Crippen molar-refractivity contribution >= 4 is 0 Å². The van der Waals surface area contributed by atoms with Crippen molar-refractivity contribution in [1.29, 1.82) is 0 Å². The SMILES string of the molecule is CCCc1cn(-c2c(C)cccc2F)c(=O)n1Cc1ccc(-c2ccccc2-c2nn[nH]n2)cc1.